The van der Waals surface area contributed by atoms with Gasteiger partial charge in [-0.25, -0.2) is 4.98 Å². The topological polar surface area (TPSA) is 44.1 Å². The van der Waals surface area contributed by atoms with Gasteiger partial charge in [-0.15, -0.1) is 0 Å². The summed E-state index contributed by atoms with van der Waals surface area (Å²) < 4.78 is 8.64. The first-order valence-corrected chi connectivity index (χ1v) is 6.83. The second-order valence-corrected chi connectivity index (χ2v) is 5.09. The predicted octanol–water partition coefficient (Wildman–Crippen LogP) is 3.37. The third-order valence-electron chi connectivity index (χ3n) is 2.88. The highest BCUT2D eigenvalue weighted by Crippen LogP contribution is 2.27. The number of ether oxygens (including phenoxy) is 1. The average Bonchev–Trinajstić information content (AvgIpc) is 2.84. The number of benzene rings is 1. The third-order valence-corrected chi connectivity index (χ3v) is 3.34. The maximum Gasteiger partial charge on any atom is 0.153 e. The van der Waals surface area contributed by atoms with Gasteiger partial charge in [-0.3, -0.25) is 4.79 Å². The van der Waals surface area contributed by atoms with Crippen molar-refractivity contribution in [2.75, 3.05) is 0 Å². The van der Waals surface area contributed by atoms with Crippen LogP contribution in [0.2, 0.25) is 0 Å². The van der Waals surface area contributed by atoms with Gasteiger partial charge in [0.2, 0.25) is 0 Å². The summed E-state index contributed by atoms with van der Waals surface area (Å²) in [4.78, 5) is 15.3. The Morgan fingerprint density at radius 3 is 2.95 bits per heavy atom. The zero-order valence-corrected chi connectivity index (χ0v) is 12.5. The maximum absolute atomic E-state index is 11.1. The van der Waals surface area contributed by atoms with Crippen molar-refractivity contribution >= 4 is 22.2 Å². The number of imidazole rings is 1. The van der Waals surface area contributed by atoms with Gasteiger partial charge < -0.3 is 9.30 Å². The quantitative estimate of drug-likeness (QED) is 0.793. The van der Waals surface area contributed by atoms with Crippen molar-refractivity contribution in [2.45, 2.75) is 27.0 Å². The molecule has 2 rings (SSSR count). The molecule has 0 amide bonds. The van der Waals surface area contributed by atoms with Gasteiger partial charge in [0, 0.05) is 23.4 Å². The van der Waals surface area contributed by atoms with E-state index in [9.17, 15) is 4.79 Å². The van der Waals surface area contributed by atoms with Crippen LogP contribution in [0.25, 0.3) is 0 Å². The van der Waals surface area contributed by atoms with Gasteiger partial charge in [0.05, 0.1) is 5.56 Å². The van der Waals surface area contributed by atoms with Gasteiger partial charge in [0.15, 0.2) is 6.29 Å². The van der Waals surface area contributed by atoms with E-state index in [1.807, 2.05) is 30.7 Å². The summed E-state index contributed by atoms with van der Waals surface area (Å²) in [6, 6.07) is 3.68. The predicted molar refractivity (Wildman–Crippen MR) is 76.5 cm³/mol. The summed E-state index contributed by atoms with van der Waals surface area (Å²) in [6.45, 7) is 5.16. The van der Waals surface area contributed by atoms with Gasteiger partial charge in [0.1, 0.15) is 18.2 Å². The van der Waals surface area contributed by atoms with Crippen LogP contribution in [0.15, 0.2) is 29.0 Å². The zero-order valence-electron chi connectivity index (χ0n) is 10.9. The molecule has 0 atom stereocenters. The molecule has 1 aromatic carbocycles. The Labute approximate surface area is 120 Å². The molecule has 0 fully saturated rings. The monoisotopic (exact) mass is 322 g/mol. The van der Waals surface area contributed by atoms with Crippen LogP contribution in [0.3, 0.4) is 0 Å². The number of hydrogen-bond acceptors (Lipinski definition) is 3. The van der Waals surface area contributed by atoms with Gasteiger partial charge in [-0.2, -0.15) is 0 Å². The minimum Gasteiger partial charge on any atom is -0.485 e. The molecule has 0 unspecified atom stereocenters. The van der Waals surface area contributed by atoms with Crippen molar-refractivity contribution in [1.82, 2.24) is 9.55 Å². The molecule has 5 heteroatoms. The number of nitrogens with zero attached hydrogens (tertiary/aromatic N) is 2. The van der Waals surface area contributed by atoms with E-state index in [1.54, 1.807) is 12.3 Å². The molecule has 1 heterocycles. The second kappa shape index (κ2) is 6.02. The normalized spacial score (nSPS) is 10.5. The first kappa shape index (κ1) is 13.8. The molecular formula is C14H15BrN2O2. The minimum absolute atomic E-state index is 0.351. The van der Waals surface area contributed by atoms with Crippen LogP contribution in [-0.2, 0) is 13.2 Å². The van der Waals surface area contributed by atoms with Crippen LogP contribution >= 0.6 is 15.9 Å². The SMILES string of the molecule is CCn1ccnc1COc1c(C)cc(Br)cc1C=O. The number of hydrogen-bond donors (Lipinski definition) is 0. The Hall–Kier alpha value is -1.62. The molecule has 0 bridgehead atoms. The molecule has 0 saturated heterocycles. The van der Waals surface area contributed by atoms with Crippen LogP contribution in [0.1, 0.15) is 28.7 Å². The van der Waals surface area contributed by atoms with Gasteiger partial charge in [-0.05, 0) is 31.5 Å². The van der Waals surface area contributed by atoms with Crippen LogP contribution in [0, 0.1) is 6.92 Å². The summed E-state index contributed by atoms with van der Waals surface area (Å²) in [5.74, 6) is 1.46. The molecule has 0 N–H and O–H groups in total. The molecule has 19 heavy (non-hydrogen) atoms. The van der Waals surface area contributed by atoms with Crippen LogP contribution in [0.5, 0.6) is 5.75 Å². The molecule has 2 aromatic rings. The van der Waals surface area contributed by atoms with Crippen LogP contribution in [0.4, 0.5) is 0 Å². The number of carbonyl (C=O) groups is 1. The summed E-state index contributed by atoms with van der Waals surface area (Å²) >= 11 is 3.37. The number of rotatable bonds is 5. The van der Waals surface area contributed by atoms with Crippen LogP contribution in [-0.4, -0.2) is 15.8 Å². The van der Waals surface area contributed by atoms with Gasteiger partial charge in [0.25, 0.3) is 0 Å². The molecule has 0 aliphatic carbocycles. The fourth-order valence-electron chi connectivity index (χ4n) is 1.95. The maximum atomic E-state index is 11.1. The van der Waals surface area contributed by atoms with E-state index in [1.165, 1.54) is 0 Å². The van der Waals surface area contributed by atoms with Crippen molar-refractivity contribution in [3.63, 3.8) is 0 Å². The Morgan fingerprint density at radius 2 is 2.26 bits per heavy atom. The van der Waals surface area contributed by atoms with Crippen LogP contribution < -0.4 is 4.74 Å². The lowest BCUT2D eigenvalue weighted by Gasteiger charge is -2.12. The highest BCUT2D eigenvalue weighted by molar-refractivity contribution is 9.10. The lowest BCUT2D eigenvalue weighted by molar-refractivity contribution is 0.111. The minimum atomic E-state index is 0.351. The van der Waals surface area contributed by atoms with E-state index in [2.05, 4.69) is 20.9 Å². The fourth-order valence-corrected chi connectivity index (χ4v) is 2.54. The van der Waals surface area contributed by atoms with Crippen molar-refractivity contribution in [3.8, 4) is 5.75 Å². The van der Waals surface area contributed by atoms with E-state index in [0.29, 0.717) is 17.9 Å². The van der Waals surface area contributed by atoms with E-state index in [4.69, 9.17) is 4.74 Å². The van der Waals surface area contributed by atoms with Crippen molar-refractivity contribution in [1.29, 1.82) is 0 Å². The van der Waals surface area contributed by atoms with Crippen molar-refractivity contribution in [2.24, 2.45) is 0 Å². The summed E-state index contributed by atoms with van der Waals surface area (Å²) in [7, 11) is 0. The number of aryl methyl sites for hydroxylation is 2. The molecule has 0 saturated carbocycles. The first-order chi connectivity index (χ1) is 9.15. The van der Waals surface area contributed by atoms with Crippen molar-refractivity contribution < 1.29 is 9.53 Å². The number of aromatic nitrogens is 2. The van der Waals surface area contributed by atoms with Crippen molar-refractivity contribution in [3.05, 3.63) is 46.0 Å². The molecule has 100 valence electrons. The smallest absolute Gasteiger partial charge is 0.153 e. The Bertz CT molecular complexity index is 593. The highest BCUT2D eigenvalue weighted by Gasteiger charge is 2.10. The van der Waals surface area contributed by atoms with E-state index in [0.717, 1.165) is 28.7 Å². The standard InChI is InChI=1S/C14H15BrN2O2/c1-3-17-5-4-16-13(17)9-19-14-10(2)6-12(15)7-11(14)8-18/h4-8H,3,9H2,1-2H3. The second-order valence-electron chi connectivity index (χ2n) is 4.18. The Kier molecular flexibility index (Phi) is 4.37. The molecule has 0 radical (unpaired) electrons. The molecule has 1 aromatic heterocycles. The molecule has 4 nitrogen and oxygen atoms in total. The number of carbonyl (C=O) groups excluding carboxylic acids is 1. The van der Waals surface area contributed by atoms with E-state index in [-0.39, 0.29) is 0 Å². The lowest BCUT2D eigenvalue weighted by atomic mass is 10.1. The number of aldehydes is 1. The highest BCUT2D eigenvalue weighted by atomic mass is 79.9. The molecule has 0 aliphatic heterocycles. The van der Waals surface area contributed by atoms with E-state index >= 15 is 0 Å². The third kappa shape index (κ3) is 3.04. The lowest BCUT2D eigenvalue weighted by Crippen LogP contribution is -2.07. The number of halogens is 1. The van der Waals surface area contributed by atoms with Gasteiger partial charge >= 0.3 is 0 Å². The molecule has 0 spiro atoms. The largest absolute Gasteiger partial charge is 0.485 e. The van der Waals surface area contributed by atoms with Gasteiger partial charge in [-0.1, -0.05) is 15.9 Å². The first-order valence-electron chi connectivity index (χ1n) is 6.03. The fraction of sp³-hybridized carbons (Fsp3) is 0.286. The summed E-state index contributed by atoms with van der Waals surface area (Å²) in [5, 5.41) is 0. The summed E-state index contributed by atoms with van der Waals surface area (Å²) in [5.41, 5.74) is 1.47. The Morgan fingerprint density at radius 1 is 1.47 bits per heavy atom. The summed E-state index contributed by atoms with van der Waals surface area (Å²) in [6.07, 6.45) is 4.46. The van der Waals surface area contributed by atoms with E-state index < -0.39 is 0 Å². The average molecular weight is 323 g/mol. The Balaban J connectivity index is 2.22. The molecule has 0 aliphatic rings. The molecular weight excluding hydrogens is 308 g/mol. The zero-order chi connectivity index (χ0) is 13.8.